The zero-order valence-corrected chi connectivity index (χ0v) is 20.3. The average Bonchev–Trinajstić information content (AvgIpc) is 3.42. The molecule has 0 aliphatic carbocycles. The van der Waals surface area contributed by atoms with Crippen LogP contribution in [0.3, 0.4) is 0 Å². The van der Waals surface area contributed by atoms with Crippen molar-refractivity contribution in [1.82, 2.24) is 9.88 Å². The molecule has 9 heteroatoms. The number of para-hydroxylation sites is 1. The van der Waals surface area contributed by atoms with Gasteiger partial charge in [-0.3, -0.25) is 4.79 Å². The lowest BCUT2D eigenvalue weighted by Crippen LogP contribution is -2.35. The van der Waals surface area contributed by atoms with Crippen molar-refractivity contribution >= 4 is 61.7 Å². The third-order valence-corrected chi connectivity index (χ3v) is 8.56. The molecule has 1 aliphatic heterocycles. The van der Waals surface area contributed by atoms with E-state index in [2.05, 4.69) is 11.4 Å². The molecule has 33 heavy (non-hydrogen) atoms. The Hall–Kier alpha value is -2.88. The van der Waals surface area contributed by atoms with Crippen molar-refractivity contribution in [2.45, 2.75) is 17.9 Å². The average molecular weight is 496 g/mol. The Labute approximate surface area is 203 Å². The van der Waals surface area contributed by atoms with Crippen LogP contribution in [0, 0.1) is 0 Å². The number of rotatable bonds is 5. The lowest BCUT2D eigenvalue weighted by molar-refractivity contribution is -0.113. The summed E-state index contributed by atoms with van der Waals surface area (Å²) in [5, 5.41) is 4.82. The molecule has 0 fully saturated rings. The number of fused-ring (bicyclic) bond motifs is 2. The number of thioether (sulfide) groups is 1. The maximum absolute atomic E-state index is 12.8. The minimum atomic E-state index is -0.333. The summed E-state index contributed by atoms with van der Waals surface area (Å²) in [5.74, 6) is 0.259. The van der Waals surface area contributed by atoms with E-state index in [1.54, 1.807) is 16.2 Å². The van der Waals surface area contributed by atoms with Crippen LogP contribution in [-0.2, 0) is 22.5 Å². The summed E-state index contributed by atoms with van der Waals surface area (Å²) in [4.78, 5) is 33.6. The summed E-state index contributed by atoms with van der Waals surface area (Å²) in [6.07, 6.45) is 0.362. The Kier molecular flexibility index (Phi) is 6.34. The largest absolute Gasteiger partial charge is 0.453 e. The number of amides is 2. The highest BCUT2D eigenvalue weighted by Crippen LogP contribution is 2.45. The van der Waals surface area contributed by atoms with Gasteiger partial charge in [0.2, 0.25) is 5.91 Å². The molecule has 0 radical (unpaired) electrons. The number of hydrogen-bond acceptors (Lipinski definition) is 7. The Bertz CT molecular complexity index is 1280. The molecule has 0 saturated heterocycles. The summed E-state index contributed by atoms with van der Waals surface area (Å²) in [7, 11) is 1.40. The van der Waals surface area contributed by atoms with Crippen LogP contribution in [0.2, 0.25) is 0 Å². The predicted octanol–water partition coefficient (Wildman–Crippen LogP) is 5.88. The quantitative estimate of drug-likeness (QED) is 0.350. The van der Waals surface area contributed by atoms with Gasteiger partial charge in [-0.2, -0.15) is 0 Å². The van der Waals surface area contributed by atoms with E-state index in [-0.39, 0.29) is 12.0 Å². The zero-order chi connectivity index (χ0) is 22.8. The first kappa shape index (κ1) is 21.9. The van der Waals surface area contributed by atoms with Gasteiger partial charge in [0.15, 0.2) is 0 Å². The molecule has 2 aromatic heterocycles. The summed E-state index contributed by atoms with van der Waals surface area (Å²) in [6.45, 7) is 1.05. The van der Waals surface area contributed by atoms with Crippen LogP contribution in [0.1, 0.15) is 10.4 Å². The number of carbonyl (C=O) groups excluding carboxylic acids is 2. The third kappa shape index (κ3) is 4.62. The fourth-order valence-electron chi connectivity index (χ4n) is 3.81. The number of nitrogens with one attached hydrogen (secondary N) is 1. The van der Waals surface area contributed by atoms with Gasteiger partial charge in [-0.05, 0) is 36.2 Å². The molecule has 0 saturated carbocycles. The van der Waals surface area contributed by atoms with Gasteiger partial charge in [0, 0.05) is 21.9 Å². The van der Waals surface area contributed by atoms with Crippen LogP contribution in [0.5, 0.6) is 0 Å². The highest BCUT2D eigenvalue weighted by atomic mass is 32.2. The van der Waals surface area contributed by atoms with Gasteiger partial charge >= 0.3 is 6.09 Å². The molecule has 0 spiro atoms. The molecule has 6 nitrogen and oxygen atoms in total. The van der Waals surface area contributed by atoms with Crippen LogP contribution in [0.25, 0.3) is 20.8 Å². The maximum atomic E-state index is 12.8. The van der Waals surface area contributed by atoms with E-state index in [1.807, 2.05) is 48.5 Å². The third-order valence-electron chi connectivity index (χ3n) is 5.36. The number of ether oxygens (including phenoxy) is 1. The summed E-state index contributed by atoms with van der Waals surface area (Å²) < 4.78 is 6.02. The fourth-order valence-corrected chi connectivity index (χ4v) is 6.92. The van der Waals surface area contributed by atoms with Gasteiger partial charge < -0.3 is 15.0 Å². The normalized spacial score (nSPS) is 13.1. The first-order chi connectivity index (χ1) is 16.1. The van der Waals surface area contributed by atoms with Crippen LogP contribution in [-0.4, -0.2) is 41.3 Å². The number of benzene rings is 2. The number of thiophene rings is 1. The molecule has 5 rings (SSSR count). The van der Waals surface area contributed by atoms with Crippen molar-refractivity contribution in [3.63, 3.8) is 0 Å². The Morgan fingerprint density at radius 2 is 1.91 bits per heavy atom. The summed E-state index contributed by atoms with van der Waals surface area (Å²) in [6, 6.07) is 17.9. The first-order valence-electron chi connectivity index (χ1n) is 10.4. The molecule has 2 amide bonds. The SMILES string of the molecule is COC(=O)N1CCc2c(sc(NC(=O)CSc3ccccc3)c2-c2nc3ccccc3s2)C1. The van der Waals surface area contributed by atoms with Crippen molar-refractivity contribution in [3.8, 4) is 10.6 Å². The van der Waals surface area contributed by atoms with Gasteiger partial charge in [-0.15, -0.1) is 34.4 Å². The van der Waals surface area contributed by atoms with Gasteiger partial charge in [0.05, 0.1) is 29.6 Å². The molecule has 4 aromatic rings. The van der Waals surface area contributed by atoms with Gasteiger partial charge in [0.25, 0.3) is 0 Å². The highest BCUT2D eigenvalue weighted by Gasteiger charge is 2.29. The van der Waals surface area contributed by atoms with Crippen molar-refractivity contribution in [1.29, 1.82) is 0 Å². The predicted molar refractivity (Wildman–Crippen MR) is 135 cm³/mol. The highest BCUT2D eigenvalue weighted by molar-refractivity contribution is 8.00. The van der Waals surface area contributed by atoms with Gasteiger partial charge in [0.1, 0.15) is 10.0 Å². The van der Waals surface area contributed by atoms with E-state index in [1.165, 1.54) is 30.2 Å². The van der Waals surface area contributed by atoms with Crippen molar-refractivity contribution in [2.24, 2.45) is 0 Å². The van der Waals surface area contributed by atoms with E-state index in [4.69, 9.17) is 9.72 Å². The standard InChI is InChI=1S/C24H21N3O3S3/c1-30-24(29)27-12-11-16-19(13-27)33-23(26-20(28)14-31-15-7-3-2-4-8-15)21(16)22-25-17-9-5-6-10-18(17)32-22/h2-10H,11-14H2,1H3,(H,26,28). The molecular weight excluding hydrogens is 474 g/mol. The molecule has 0 unspecified atom stereocenters. The Balaban J connectivity index is 1.46. The number of aromatic nitrogens is 1. The lowest BCUT2D eigenvalue weighted by atomic mass is 10.0. The molecule has 2 aromatic carbocycles. The fraction of sp³-hybridized carbons (Fsp3) is 0.208. The summed E-state index contributed by atoms with van der Waals surface area (Å²) >= 11 is 4.65. The number of methoxy groups -OCH3 is 1. The molecule has 1 N–H and O–H groups in total. The Morgan fingerprint density at radius 3 is 2.70 bits per heavy atom. The molecule has 1 aliphatic rings. The molecular formula is C24H21N3O3S3. The molecule has 0 atom stereocenters. The van der Waals surface area contributed by atoms with E-state index < -0.39 is 0 Å². The van der Waals surface area contributed by atoms with Crippen LogP contribution < -0.4 is 5.32 Å². The summed E-state index contributed by atoms with van der Waals surface area (Å²) in [5.41, 5.74) is 3.09. The second-order valence-electron chi connectivity index (χ2n) is 7.49. The van der Waals surface area contributed by atoms with E-state index >= 15 is 0 Å². The number of nitrogens with zero attached hydrogens (tertiary/aromatic N) is 2. The molecule has 3 heterocycles. The van der Waals surface area contributed by atoms with Crippen LogP contribution >= 0.6 is 34.4 Å². The Morgan fingerprint density at radius 1 is 1.12 bits per heavy atom. The smallest absolute Gasteiger partial charge is 0.409 e. The van der Waals surface area contributed by atoms with Crippen molar-refractivity contribution in [2.75, 3.05) is 24.7 Å². The second-order valence-corrected chi connectivity index (χ2v) is 10.7. The second kappa shape index (κ2) is 9.54. The minimum Gasteiger partial charge on any atom is -0.453 e. The number of anilines is 1. The maximum Gasteiger partial charge on any atom is 0.409 e. The number of thiazole rings is 1. The van der Waals surface area contributed by atoms with Crippen LogP contribution in [0.4, 0.5) is 9.80 Å². The first-order valence-corrected chi connectivity index (χ1v) is 13.1. The van der Waals surface area contributed by atoms with E-state index in [0.717, 1.165) is 41.1 Å². The zero-order valence-electron chi connectivity index (χ0n) is 17.9. The van der Waals surface area contributed by atoms with Crippen molar-refractivity contribution in [3.05, 3.63) is 65.0 Å². The lowest BCUT2D eigenvalue weighted by Gasteiger charge is -2.25. The van der Waals surface area contributed by atoms with Crippen LogP contribution in [0.15, 0.2) is 59.5 Å². The van der Waals surface area contributed by atoms with E-state index in [0.29, 0.717) is 25.3 Å². The van der Waals surface area contributed by atoms with Gasteiger partial charge in [-0.25, -0.2) is 9.78 Å². The van der Waals surface area contributed by atoms with Crippen molar-refractivity contribution < 1.29 is 14.3 Å². The van der Waals surface area contributed by atoms with Gasteiger partial charge in [-0.1, -0.05) is 30.3 Å². The topological polar surface area (TPSA) is 71.5 Å². The molecule has 168 valence electrons. The monoisotopic (exact) mass is 495 g/mol. The molecule has 0 bridgehead atoms. The number of carbonyl (C=O) groups is 2. The van der Waals surface area contributed by atoms with E-state index in [9.17, 15) is 9.59 Å². The minimum absolute atomic E-state index is 0.0605. The number of hydrogen-bond donors (Lipinski definition) is 1.